The standard InChI is InChI=1S/C25H23F9N2O3S/c1-40(38,39)36-11-22(12-36)9-35(10-22)8-14-6-18(27)20(19(21(14)28)13-2-3-13)16-5-4-15(7-17(16)26)23(37,24(29,30)31)25(32,33)34/h4-7,13,37H,2-3,8-12H2,1H3. The highest BCUT2D eigenvalue weighted by molar-refractivity contribution is 7.88. The zero-order valence-electron chi connectivity index (χ0n) is 20.8. The van der Waals surface area contributed by atoms with Gasteiger partial charge in [0.15, 0.2) is 0 Å². The minimum atomic E-state index is -6.24. The second-order valence-corrected chi connectivity index (χ2v) is 13.0. The molecule has 5 nitrogen and oxygen atoms in total. The molecule has 1 aliphatic carbocycles. The first-order valence-electron chi connectivity index (χ1n) is 12.1. The third-order valence-corrected chi connectivity index (χ3v) is 8.99. The highest BCUT2D eigenvalue weighted by Crippen LogP contribution is 2.52. The van der Waals surface area contributed by atoms with Gasteiger partial charge in [-0.2, -0.15) is 26.3 Å². The summed E-state index contributed by atoms with van der Waals surface area (Å²) in [6, 6.07) is 1.31. The molecule has 2 aliphatic heterocycles. The number of benzene rings is 2. The molecule has 1 saturated carbocycles. The minimum absolute atomic E-state index is 0.0327. The first-order chi connectivity index (χ1) is 18.3. The van der Waals surface area contributed by atoms with E-state index in [1.165, 1.54) is 4.31 Å². The van der Waals surface area contributed by atoms with Gasteiger partial charge in [0.25, 0.3) is 5.60 Å². The fourth-order valence-electron chi connectivity index (χ4n) is 5.67. The van der Waals surface area contributed by atoms with E-state index < -0.39 is 68.0 Å². The molecule has 0 radical (unpaired) electrons. The topological polar surface area (TPSA) is 60.9 Å². The van der Waals surface area contributed by atoms with Crippen LogP contribution in [0.25, 0.3) is 11.1 Å². The van der Waals surface area contributed by atoms with Gasteiger partial charge in [0.1, 0.15) is 17.5 Å². The smallest absolute Gasteiger partial charge is 0.369 e. The van der Waals surface area contributed by atoms with Gasteiger partial charge in [-0.25, -0.2) is 25.9 Å². The molecular weight excluding hydrogens is 579 g/mol. The van der Waals surface area contributed by atoms with Gasteiger partial charge in [-0.15, -0.1) is 0 Å². The van der Waals surface area contributed by atoms with Crippen LogP contribution in [0.15, 0.2) is 24.3 Å². The SMILES string of the molecule is CS(=O)(=O)N1CC2(CN(Cc3cc(F)c(-c4ccc(C(O)(C(F)(F)F)C(F)(F)F)cc4F)c(C4CC4)c3F)C2)C1. The summed E-state index contributed by atoms with van der Waals surface area (Å²) in [7, 11) is -3.32. The van der Waals surface area contributed by atoms with Crippen molar-refractivity contribution in [2.45, 2.75) is 43.3 Å². The number of aliphatic hydroxyl groups is 1. The van der Waals surface area contributed by atoms with Gasteiger partial charge in [-0.3, -0.25) is 4.90 Å². The molecule has 1 N–H and O–H groups in total. The summed E-state index contributed by atoms with van der Waals surface area (Å²) in [6.07, 6.45) is -10.5. The van der Waals surface area contributed by atoms with Crippen molar-refractivity contribution >= 4 is 10.0 Å². The molecule has 0 bridgehead atoms. The predicted molar refractivity (Wildman–Crippen MR) is 124 cm³/mol. The number of halogens is 9. The molecule has 0 amide bonds. The first-order valence-corrected chi connectivity index (χ1v) is 14.0. The van der Waals surface area contributed by atoms with Crippen LogP contribution in [-0.2, 0) is 22.2 Å². The Morgan fingerprint density at radius 2 is 1.50 bits per heavy atom. The van der Waals surface area contributed by atoms with E-state index in [0.717, 1.165) is 12.3 Å². The third-order valence-electron chi connectivity index (χ3n) is 7.79. The number of nitrogens with zero attached hydrogens (tertiary/aromatic N) is 2. The molecule has 5 rings (SSSR count). The van der Waals surface area contributed by atoms with Crippen molar-refractivity contribution in [3.05, 3.63) is 58.4 Å². The molecular formula is C25H23F9N2O3S. The van der Waals surface area contributed by atoms with Gasteiger partial charge in [0.05, 0.1) is 6.26 Å². The lowest BCUT2D eigenvalue weighted by Gasteiger charge is -2.59. The van der Waals surface area contributed by atoms with Gasteiger partial charge in [-0.05, 0) is 30.9 Å². The van der Waals surface area contributed by atoms with Gasteiger partial charge in [0, 0.05) is 66.0 Å². The van der Waals surface area contributed by atoms with Crippen molar-refractivity contribution in [3.63, 3.8) is 0 Å². The number of likely N-dealkylation sites (tertiary alicyclic amines) is 1. The number of hydrogen-bond donors (Lipinski definition) is 1. The van der Waals surface area contributed by atoms with Crippen LogP contribution in [0.3, 0.4) is 0 Å². The van der Waals surface area contributed by atoms with Crippen LogP contribution in [0.2, 0.25) is 0 Å². The zero-order chi connectivity index (χ0) is 29.6. The molecule has 2 aromatic rings. The Kier molecular flexibility index (Phi) is 6.61. The maximum atomic E-state index is 15.7. The molecule has 40 heavy (non-hydrogen) atoms. The summed E-state index contributed by atoms with van der Waals surface area (Å²) in [4.78, 5) is 1.79. The molecule has 220 valence electrons. The second-order valence-electron chi connectivity index (χ2n) is 11.0. The summed E-state index contributed by atoms with van der Waals surface area (Å²) >= 11 is 0. The number of alkyl halides is 6. The van der Waals surface area contributed by atoms with Crippen molar-refractivity contribution in [2.75, 3.05) is 32.4 Å². The molecule has 2 aromatic carbocycles. The van der Waals surface area contributed by atoms with E-state index >= 15 is 13.2 Å². The zero-order valence-corrected chi connectivity index (χ0v) is 21.6. The molecule has 15 heteroatoms. The second kappa shape index (κ2) is 9.07. The van der Waals surface area contributed by atoms with Crippen LogP contribution in [0.5, 0.6) is 0 Å². The predicted octanol–water partition coefficient (Wildman–Crippen LogP) is 5.04. The average Bonchev–Trinajstić information content (AvgIpc) is 3.58. The fourth-order valence-corrected chi connectivity index (χ4v) is 6.68. The average molecular weight is 603 g/mol. The number of sulfonamides is 1. The normalized spacial score (nSPS) is 20.5. The monoisotopic (exact) mass is 602 g/mol. The van der Waals surface area contributed by atoms with E-state index in [0.29, 0.717) is 45.1 Å². The van der Waals surface area contributed by atoms with E-state index in [4.69, 9.17) is 0 Å². The Bertz CT molecular complexity index is 1440. The van der Waals surface area contributed by atoms with E-state index in [-0.39, 0.29) is 35.2 Å². The van der Waals surface area contributed by atoms with Crippen molar-refractivity contribution < 1.29 is 53.0 Å². The molecule has 0 aromatic heterocycles. The van der Waals surface area contributed by atoms with Crippen molar-refractivity contribution in [1.29, 1.82) is 0 Å². The molecule has 2 saturated heterocycles. The van der Waals surface area contributed by atoms with Crippen molar-refractivity contribution in [1.82, 2.24) is 9.21 Å². The molecule has 0 unspecified atom stereocenters. The lowest BCUT2D eigenvalue weighted by molar-refractivity contribution is -0.376. The van der Waals surface area contributed by atoms with Crippen LogP contribution in [0.1, 0.15) is 35.4 Å². The van der Waals surface area contributed by atoms with Gasteiger partial charge in [0.2, 0.25) is 10.0 Å². The summed E-state index contributed by atoms with van der Waals surface area (Å²) in [5, 5.41) is 9.57. The molecule has 3 aliphatic rings. The van der Waals surface area contributed by atoms with Crippen LogP contribution < -0.4 is 0 Å². The highest BCUT2D eigenvalue weighted by atomic mass is 32.2. The van der Waals surface area contributed by atoms with Crippen LogP contribution in [-0.4, -0.2) is 67.5 Å². The van der Waals surface area contributed by atoms with Crippen LogP contribution >= 0.6 is 0 Å². The van der Waals surface area contributed by atoms with E-state index in [9.17, 15) is 39.9 Å². The highest BCUT2D eigenvalue weighted by Gasteiger charge is 2.71. The van der Waals surface area contributed by atoms with Crippen molar-refractivity contribution in [3.8, 4) is 11.1 Å². The summed E-state index contributed by atoms with van der Waals surface area (Å²) < 4.78 is 150. The Balaban J connectivity index is 1.45. The molecule has 2 heterocycles. The minimum Gasteiger partial charge on any atom is -0.369 e. The Morgan fingerprint density at radius 3 is 1.98 bits per heavy atom. The van der Waals surface area contributed by atoms with Gasteiger partial charge < -0.3 is 5.11 Å². The summed E-state index contributed by atoms with van der Waals surface area (Å²) in [6.45, 7) is 1.49. The van der Waals surface area contributed by atoms with Gasteiger partial charge in [-0.1, -0.05) is 12.1 Å². The van der Waals surface area contributed by atoms with Crippen molar-refractivity contribution in [2.24, 2.45) is 5.41 Å². The van der Waals surface area contributed by atoms with E-state index in [2.05, 4.69) is 0 Å². The summed E-state index contributed by atoms with van der Waals surface area (Å²) in [5.41, 5.74) is -9.10. The van der Waals surface area contributed by atoms with E-state index in [1.807, 2.05) is 0 Å². The first kappa shape index (κ1) is 29.1. The Labute approximate surface area is 223 Å². The number of rotatable bonds is 6. The Morgan fingerprint density at radius 1 is 0.925 bits per heavy atom. The third kappa shape index (κ3) is 4.68. The Hall–Kier alpha value is -2.36. The maximum Gasteiger partial charge on any atom is 0.430 e. The van der Waals surface area contributed by atoms with Gasteiger partial charge >= 0.3 is 12.4 Å². The van der Waals surface area contributed by atoms with Crippen LogP contribution in [0.4, 0.5) is 39.5 Å². The summed E-state index contributed by atoms with van der Waals surface area (Å²) in [5.74, 6) is -4.17. The molecule has 0 atom stereocenters. The largest absolute Gasteiger partial charge is 0.430 e. The maximum absolute atomic E-state index is 15.7. The quantitative estimate of drug-likeness (QED) is 0.471. The molecule has 1 spiro atoms. The lowest BCUT2D eigenvalue weighted by atomic mass is 9.74. The van der Waals surface area contributed by atoms with E-state index in [1.54, 1.807) is 4.90 Å². The lowest BCUT2D eigenvalue weighted by Crippen LogP contribution is -2.72. The molecule has 3 fully saturated rings. The number of hydrogen-bond acceptors (Lipinski definition) is 4. The fraction of sp³-hybridized carbons (Fsp3) is 0.520. The van der Waals surface area contributed by atoms with Crippen LogP contribution in [0, 0.1) is 22.9 Å².